The van der Waals surface area contributed by atoms with E-state index < -0.39 is 11.7 Å². The minimum Gasteiger partial charge on any atom is -0.349 e. The van der Waals surface area contributed by atoms with E-state index in [2.05, 4.69) is 27.3 Å². The van der Waals surface area contributed by atoms with Crippen LogP contribution >= 0.6 is 15.9 Å². The van der Waals surface area contributed by atoms with Crippen molar-refractivity contribution in [2.75, 3.05) is 6.54 Å². The summed E-state index contributed by atoms with van der Waals surface area (Å²) in [4.78, 5) is 22.2. The third kappa shape index (κ3) is 3.67. The van der Waals surface area contributed by atoms with Crippen LogP contribution in [-0.2, 0) is 15.0 Å². The molecule has 0 atom stereocenters. The second kappa shape index (κ2) is 5.65. The standard InChI is InChI=1S/C14H18BrNO2/c1-9-5-6-11(15)7-12(9)14(3,4)8-16-13(18)10(2)17/h5-7H,8H2,1-4H3,(H,16,18). The summed E-state index contributed by atoms with van der Waals surface area (Å²) < 4.78 is 1.01. The monoisotopic (exact) mass is 311 g/mol. The van der Waals surface area contributed by atoms with Gasteiger partial charge in [0.1, 0.15) is 0 Å². The van der Waals surface area contributed by atoms with Crippen LogP contribution in [0.2, 0.25) is 0 Å². The van der Waals surface area contributed by atoms with Gasteiger partial charge in [0.05, 0.1) is 0 Å². The van der Waals surface area contributed by atoms with Crippen LogP contribution in [0.3, 0.4) is 0 Å². The number of ketones is 1. The summed E-state index contributed by atoms with van der Waals surface area (Å²) >= 11 is 3.45. The van der Waals surface area contributed by atoms with E-state index in [1.165, 1.54) is 12.5 Å². The number of amides is 1. The molecule has 18 heavy (non-hydrogen) atoms. The predicted molar refractivity (Wildman–Crippen MR) is 75.6 cm³/mol. The van der Waals surface area contributed by atoms with E-state index in [0.717, 1.165) is 10.0 Å². The summed E-state index contributed by atoms with van der Waals surface area (Å²) in [5.41, 5.74) is 2.10. The highest BCUT2D eigenvalue weighted by molar-refractivity contribution is 9.10. The number of benzene rings is 1. The molecule has 0 aromatic heterocycles. The predicted octanol–water partition coefficient (Wildman–Crippen LogP) is 2.74. The van der Waals surface area contributed by atoms with Gasteiger partial charge in [-0.3, -0.25) is 9.59 Å². The van der Waals surface area contributed by atoms with Crippen molar-refractivity contribution in [1.82, 2.24) is 5.32 Å². The lowest BCUT2D eigenvalue weighted by molar-refractivity contribution is -0.136. The first-order valence-electron chi connectivity index (χ1n) is 5.79. The molecular weight excluding hydrogens is 294 g/mol. The van der Waals surface area contributed by atoms with Crippen molar-refractivity contribution < 1.29 is 9.59 Å². The first kappa shape index (κ1) is 14.9. The van der Waals surface area contributed by atoms with Gasteiger partial charge in [-0.05, 0) is 30.2 Å². The minimum absolute atomic E-state index is 0.223. The van der Waals surface area contributed by atoms with Gasteiger partial charge in [-0.1, -0.05) is 35.8 Å². The lowest BCUT2D eigenvalue weighted by Gasteiger charge is -2.27. The number of hydrogen-bond acceptors (Lipinski definition) is 2. The molecule has 0 aliphatic heterocycles. The highest BCUT2D eigenvalue weighted by Crippen LogP contribution is 2.28. The van der Waals surface area contributed by atoms with Gasteiger partial charge >= 0.3 is 0 Å². The van der Waals surface area contributed by atoms with E-state index in [4.69, 9.17) is 0 Å². The number of hydrogen-bond donors (Lipinski definition) is 1. The molecule has 1 aromatic carbocycles. The molecule has 0 aliphatic rings. The third-order valence-electron chi connectivity index (χ3n) is 2.94. The number of carbonyl (C=O) groups excluding carboxylic acids is 2. The molecule has 0 bridgehead atoms. The van der Waals surface area contributed by atoms with Gasteiger partial charge in [-0.15, -0.1) is 0 Å². The van der Waals surface area contributed by atoms with E-state index in [9.17, 15) is 9.59 Å². The normalized spacial score (nSPS) is 11.2. The van der Waals surface area contributed by atoms with Crippen molar-refractivity contribution in [3.05, 3.63) is 33.8 Å². The van der Waals surface area contributed by atoms with Crippen molar-refractivity contribution in [2.24, 2.45) is 0 Å². The molecule has 0 unspecified atom stereocenters. The highest BCUT2D eigenvalue weighted by Gasteiger charge is 2.24. The molecule has 0 heterocycles. The number of Topliss-reactive ketones (excluding diaryl/α,β-unsaturated/α-hetero) is 1. The van der Waals surface area contributed by atoms with E-state index in [-0.39, 0.29) is 5.41 Å². The van der Waals surface area contributed by atoms with E-state index in [1.54, 1.807) is 0 Å². The van der Waals surface area contributed by atoms with Gasteiger partial charge in [0.15, 0.2) is 0 Å². The SMILES string of the molecule is CC(=O)C(=O)NCC(C)(C)c1cc(Br)ccc1C. The van der Waals surface area contributed by atoms with Crippen molar-refractivity contribution in [3.63, 3.8) is 0 Å². The van der Waals surface area contributed by atoms with Crippen molar-refractivity contribution in [3.8, 4) is 0 Å². The van der Waals surface area contributed by atoms with E-state index in [0.29, 0.717) is 6.54 Å². The molecule has 0 saturated carbocycles. The third-order valence-corrected chi connectivity index (χ3v) is 3.43. The summed E-state index contributed by atoms with van der Waals surface area (Å²) in [6.07, 6.45) is 0. The second-order valence-electron chi connectivity index (χ2n) is 5.08. The Labute approximate surface area is 116 Å². The molecule has 0 radical (unpaired) electrons. The molecular formula is C14H18BrNO2. The maximum Gasteiger partial charge on any atom is 0.287 e. The van der Waals surface area contributed by atoms with Gasteiger partial charge in [0, 0.05) is 23.4 Å². The van der Waals surface area contributed by atoms with Crippen LogP contribution < -0.4 is 5.32 Å². The fourth-order valence-electron chi connectivity index (χ4n) is 1.84. The molecule has 1 amide bonds. The summed E-state index contributed by atoms with van der Waals surface area (Å²) in [7, 11) is 0. The number of halogens is 1. The fraction of sp³-hybridized carbons (Fsp3) is 0.429. The van der Waals surface area contributed by atoms with Crippen LogP contribution in [0, 0.1) is 6.92 Å². The van der Waals surface area contributed by atoms with Crippen molar-refractivity contribution in [2.45, 2.75) is 33.1 Å². The van der Waals surface area contributed by atoms with Crippen LogP contribution in [0.25, 0.3) is 0 Å². The Bertz CT molecular complexity index is 481. The zero-order chi connectivity index (χ0) is 13.9. The first-order chi connectivity index (χ1) is 8.24. The van der Waals surface area contributed by atoms with E-state index in [1.807, 2.05) is 32.9 Å². The molecule has 0 fully saturated rings. The Morgan fingerprint density at radius 1 is 1.33 bits per heavy atom. The summed E-state index contributed by atoms with van der Waals surface area (Å²) in [6.45, 7) is 7.83. The van der Waals surface area contributed by atoms with Crippen LogP contribution in [0.1, 0.15) is 31.9 Å². The average Bonchev–Trinajstić information content (AvgIpc) is 2.29. The zero-order valence-corrected chi connectivity index (χ0v) is 12.7. The van der Waals surface area contributed by atoms with Crippen molar-refractivity contribution in [1.29, 1.82) is 0 Å². The fourth-order valence-corrected chi connectivity index (χ4v) is 2.21. The molecule has 0 spiro atoms. The molecule has 0 saturated heterocycles. The molecule has 3 nitrogen and oxygen atoms in total. The van der Waals surface area contributed by atoms with Gasteiger partial charge in [0.2, 0.25) is 5.78 Å². The first-order valence-corrected chi connectivity index (χ1v) is 6.59. The summed E-state index contributed by atoms with van der Waals surface area (Å²) in [6, 6.07) is 6.08. The molecule has 98 valence electrons. The van der Waals surface area contributed by atoms with Crippen molar-refractivity contribution >= 4 is 27.6 Å². The lowest BCUT2D eigenvalue weighted by Crippen LogP contribution is -2.39. The zero-order valence-electron chi connectivity index (χ0n) is 11.1. The Morgan fingerprint density at radius 3 is 2.50 bits per heavy atom. The Hall–Kier alpha value is -1.16. The quantitative estimate of drug-likeness (QED) is 0.869. The number of aryl methyl sites for hydroxylation is 1. The largest absolute Gasteiger partial charge is 0.349 e. The Morgan fingerprint density at radius 2 is 1.94 bits per heavy atom. The van der Waals surface area contributed by atoms with Crippen LogP contribution in [0.15, 0.2) is 22.7 Å². The lowest BCUT2D eigenvalue weighted by atomic mass is 9.82. The second-order valence-corrected chi connectivity index (χ2v) is 6.00. The Kier molecular flexibility index (Phi) is 4.68. The van der Waals surface area contributed by atoms with Gasteiger partial charge in [-0.25, -0.2) is 0 Å². The maximum atomic E-state index is 11.3. The summed E-state index contributed by atoms with van der Waals surface area (Å²) in [5, 5.41) is 2.66. The number of carbonyl (C=O) groups is 2. The van der Waals surface area contributed by atoms with Gasteiger partial charge < -0.3 is 5.32 Å². The topological polar surface area (TPSA) is 46.2 Å². The van der Waals surface area contributed by atoms with Crippen LogP contribution in [0.4, 0.5) is 0 Å². The molecule has 0 aliphatic carbocycles. The molecule has 1 N–H and O–H groups in total. The van der Waals surface area contributed by atoms with Crippen LogP contribution in [-0.4, -0.2) is 18.2 Å². The maximum absolute atomic E-state index is 11.3. The minimum atomic E-state index is -0.532. The highest BCUT2D eigenvalue weighted by atomic mass is 79.9. The van der Waals surface area contributed by atoms with E-state index >= 15 is 0 Å². The molecule has 1 aromatic rings. The van der Waals surface area contributed by atoms with Gasteiger partial charge in [-0.2, -0.15) is 0 Å². The summed E-state index contributed by atoms with van der Waals surface area (Å²) in [5.74, 6) is -0.993. The number of rotatable bonds is 4. The Balaban J connectivity index is 2.89. The average molecular weight is 312 g/mol. The number of nitrogens with one attached hydrogen (secondary N) is 1. The molecule has 4 heteroatoms. The van der Waals surface area contributed by atoms with Gasteiger partial charge in [0.25, 0.3) is 5.91 Å². The molecule has 1 rings (SSSR count). The smallest absolute Gasteiger partial charge is 0.287 e. The van der Waals surface area contributed by atoms with Crippen LogP contribution in [0.5, 0.6) is 0 Å².